The van der Waals surface area contributed by atoms with E-state index < -0.39 is 15.6 Å². The first kappa shape index (κ1) is 17.4. The lowest BCUT2D eigenvalue weighted by Gasteiger charge is -2.09. The van der Waals surface area contributed by atoms with Gasteiger partial charge in [0.15, 0.2) is 5.65 Å². The van der Waals surface area contributed by atoms with Crippen LogP contribution in [0.3, 0.4) is 0 Å². The molecule has 6 nitrogen and oxygen atoms in total. The van der Waals surface area contributed by atoms with Gasteiger partial charge in [0, 0.05) is 23.7 Å². The molecule has 0 fully saturated rings. The largest absolute Gasteiger partial charge is 0.272 e. The van der Waals surface area contributed by atoms with Crippen molar-refractivity contribution in [2.45, 2.75) is 45.1 Å². The third-order valence-electron chi connectivity index (χ3n) is 4.32. The van der Waals surface area contributed by atoms with Gasteiger partial charge in [-0.2, -0.15) is 9.07 Å². The number of unbranched alkanes of at least 4 members (excludes halogenated alkanes) is 1. The van der Waals surface area contributed by atoms with Gasteiger partial charge in [0.1, 0.15) is 0 Å². The Hall–Kier alpha value is -2.41. The zero-order valence-electron chi connectivity index (χ0n) is 14.6. The average molecular weight is 359 g/mol. The Labute approximate surface area is 146 Å². The highest BCUT2D eigenvalue weighted by Crippen LogP contribution is 2.23. The van der Waals surface area contributed by atoms with E-state index in [0.717, 1.165) is 33.5 Å². The number of hydrogen-bond donors (Lipinski definition) is 0. The highest BCUT2D eigenvalue weighted by Gasteiger charge is 2.24. The fourth-order valence-corrected chi connectivity index (χ4v) is 4.37. The highest BCUT2D eigenvalue weighted by molar-refractivity contribution is 7.90. The third kappa shape index (κ3) is 2.89. The van der Waals surface area contributed by atoms with Crippen LogP contribution in [0.2, 0.25) is 0 Å². The molecule has 0 aliphatic rings. The Bertz CT molecular complexity index is 1080. The lowest BCUT2D eigenvalue weighted by molar-refractivity contribution is 0.560. The molecule has 0 saturated heterocycles. The molecular formula is C18H21N3O3S. The number of fused-ring (bicyclic) bond motifs is 1. The molecule has 0 spiro atoms. The van der Waals surface area contributed by atoms with Crippen LogP contribution in [0.15, 0.2) is 46.1 Å². The first-order valence-corrected chi connectivity index (χ1v) is 9.72. The predicted octanol–water partition coefficient (Wildman–Crippen LogP) is 2.85. The molecule has 1 aromatic carbocycles. The molecule has 0 radical (unpaired) electrons. The summed E-state index contributed by atoms with van der Waals surface area (Å²) in [5.41, 5.74) is 1.22. The summed E-state index contributed by atoms with van der Waals surface area (Å²) >= 11 is 0. The quantitative estimate of drug-likeness (QED) is 0.702. The van der Waals surface area contributed by atoms with Crippen LogP contribution in [0, 0.1) is 13.8 Å². The van der Waals surface area contributed by atoms with Gasteiger partial charge in [-0.3, -0.25) is 9.48 Å². The van der Waals surface area contributed by atoms with E-state index in [9.17, 15) is 13.2 Å². The Morgan fingerprint density at radius 1 is 1.12 bits per heavy atom. The summed E-state index contributed by atoms with van der Waals surface area (Å²) in [6, 6.07) is 9.32. The van der Waals surface area contributed by atoms with Crippen molar-refractivity contribution in [2.24, 2.45) is 0 Å². The topological polar surface area (TPSA) is 74.0 Å². The first-order chi connectivity index (χ1) is 11.9. The van der Waals surface area contributed by atoms with E-state index in [1.807, 2.05) is 13.8 Å². The molecule has 2 aromatic heterocycles. The number of pyridine rings is 1. The monoisotopic (exact) mass is 359 g/mol. The molecular weight excluding hydrogens is 338 g/mol. The Kier molecular flexibility index (Phi) is 4.51. The molecule has 2 heterocycles. The van der Waals surface area contributed by atoms with Crippen LogP contribution in [-0.2, 0) is 16.6 Å². The fraction of sp³-hybridized carbons (Fsp3) is 0.333. The molecule has 0 N–H and O–H groups in total. The van der Waals surface area contributed by atoms with Gasteiger partial charge in [0.2, 0.25) is 0 Å². The first-order valence-electron chi connectivity index (χ1n) is 8.28. The van der Waals surface area contributed by atoms with E-state index in [1.54, 1.807) is 22.9 Å². The zero-order valence-corrected chi connectivity index (χ0v) is 15.4. The summed E-state index contributed by atoms with van der Waals surface area (Å²) < 4.78 is 28.7. The van der Waals surface area contributed by atoms with Crippen molar-refractivity contribution in [1.82, 2.24) is 13.8 Å². The molecule has 132 valence electrons. The molecule has 0 amide bonds. The molecule has 25 heavy (non-hydrogen) atoms. The summed E-state index contributed by atoms with van der Waals surface area (Å²) in [6.45, 7) is 6.49. The van der Waals surface area contributed by atoms with Gasteiger partial charge in [0.05, 0.1) is 4.90 Å². The maximum absolute atomic E-state index is 13.0. The number of aromatic nitrogens is 3. The van der Waals surface area contributed by atoms with Gasteiger partial charge >= 0.3 is 0 Å². The summed E-state index contributed by atoms with van der Waals surface area (Å²) in [7, 11) is -4.01. The smallest absolute Gasteiger partial charge is 0.268 e. The lowest BCUT2D eigenvalue weighted by atomic mass is 10.2. The molecule has 0 atom stereocenters. The number of nitrogens with zero attached hydrogens (tertiary/aromatic N) is 3. The summed E-state index contributed by atoms with van der Waals surface area (Å²) in [5, 5.41) is 5.18. The van der Waals surface area contributed by atoms with Crippen LogP contribution in [0.4, 0.5) is 0 Å². The van der Waals surface area contributed by atoms with E-state index in [-0.39, 0.29) is 10.5 Å². The maximum atomic E-state index is 13.0. The molecule has 0 saturated carbocycles. The number of benzene rings is 1. The molecule has 3 aromatic rings. The molecule has 0 bridgehead atoms. The normalized spacial score (nSPS) is 12.0. The molecule has 7 heteroatoms. The van der Waals surface area contributed by atoms with Gasteiger partial charge < -0.3 is 0 Å². The van der Waals surface area contributed by atoms with Crippen molar-refractivity contribution in [3.63, 3.8) is 0 Å². The van der Waals surface area contributed by atoms with Crippen molar-refractivity contribution >= 4 is 21.1 Å². The van der Waals surface area contributed by atoms with E-state index in [1.165, 1.54) is 18.2 Å². The zero-order chi connectivity index (χ0) is 18.2. The van der Waals surface area contributed by atoms with Crippen LogP contribution < -0.4 is 5.56 Å². The lowest BCUT2D eigenvalue weighted by Crippen LogP contribution is -2.28. The minimum atomic E-state index is -4.01. The Morgan fingerprint density at radius 3 is 2.44 bits per heavy atom. The van der Waals surface area contributed by atoms with Crippen LogP contribution in [-0.4, -0.2) is 22.2 Å². The van der Waals surface area contributed by atoms with Crippen molar-refractivity contribution in [1.29, 1.82) is 0 Å². The Balaban J connectivity index is 2.34. The second-order valence-electron chi connectivity index (χ2n) is 6.11. The standard InChI is InChI=1S/C18H21N3O3S/c1-4-5-11-20-14(3)17-13(2)12-16(22)21(18(17)19-20)25(23,24)15-9-7-6-8-10-15/h6-10,12H,4-5,11H2,1-3H3. The van der Waals surface area contributed by atoms with Crippen molar-refractivity contribution in [3.05, 3.63) is 58.0 Å². The minimum absolute atomic E-state index is 0.0722. The second-order valence-corrected chi connectivity index (χ2v) is 7.90. The van der Waals surface area contributed by atoms with Crippen molar-refractivity contribution in [2.75, 3.05) is 0 Å². The van der Waals surface area contributed by atoms with Crippen molar-refractivity contribution in [3.8, 4) is 0 Å². The van der Waals surface area contributed by atoms with E-state index in [4.69, 9.17) is 0 Å². The highest BCUT2D eigenvalue weighted by atomic mass is 32.2. The minimum Gasteiger partial charge on any atom is -0.268 e. The Morgan fingerprint density at radius 2 is 1.80 bits per heavy atom. The van der Waals surface area contributed by atoms with Gasteiger partial charge in [-0.15, -0.1) is 0 Å². The van der Waals surface area contributed by atoms with Crippen LogP contribution >= 0.6 is 0 Å². The van der Waals surface area contributed by atoms with Crippen molar-refractivity contribution < 1.29 is 8.42 Å². The average Bonchev–Trinajstić information content (AvgIpc) is 2.90. The number of aryl methyl sites for hydroxylation is 3. The maximum Gasteiger partial charge on any atom is 0.272 e. The van der Waals surface area contributed by atoms with E-state index >= 15 is 0 Å². The molecule has 3 rings (SSSR count). The molecule has 0 unspecified atom stereocenters. The van der Waals surface area contributed by atoms with Crippen LogP contribution in [0.5, 0.6) is 0 Å². The third-order valence-corrected chi connectivity index (χ3v) is 6.02. The second kappa shape index (κ2) is 6.48. The van der Waals surface area contributed by atoms with Crippen LogP contribution in [0.25, 0.3) is 11.0 Å². The van der Waals surface area contributed by atoms with Gasteiger partial charge in [-0.1, -0.05) is 31.5 Å². The van der Waals surface area contributed by atoms with E-state index in [2.05, 4.69) is 12.0 Å². The summed E-state index contributed by atoms with van der Waals surface area (Å²) in [6.07, 6.45) is 1.94. The SMILES string of the molecule is CCCCn1nc2c(c(C)cc(=O)n2S(=O)(=O)c2ccccc2)c1C. The summed E-state index contributed by atoms with van der Waals surface area (Å²) in [4.78, 5) is 12.6. The van der Waals surface area contributed by atoms with E-state index in [0.29, 0.717) is 6.54 Å². The fourth-order valence-electron chi connectivity index (χ4n) is 3.01. The van der Waals surface area contributed by atoms with Gasteiger partial charge in [-0.25, -0.2) is 8.42 Å². The predicted molar refractivity (Wildman–Crippen MR) is 97.4 cm³/mol. The molecule has 0 aliphatic heterocycles. The van der Waals surface area contributed by atoms with Gasteiger partial charge in [0.25, 0.3) is 15.6 Å². The summed E-state index contributed by atoms with van der Waals surface area (Å²) in [5.74, 6) is 0. The molecule has 0 aliphatic carbocycles. The number of rotatable bonds is 5. The van der Waals surface area contributed by atoms with Gasteiger partial charge in [-0.05, 0) is 38.0 Å². The number of hydrogen-bond acceptors (Lipinski definition) is 4. The van der Waals surface area contributed by atoms with Crippen LogP contribution in [0.1, 0.15) is 31.0 Å².